The van der Waals surface area contributed by atoms with Crippen LogP contribution in [0.2, 0.25) is 0 Å². The largest absolute Gasteiger partial charge is 0.574 e. The Morgan fingerprint density at radius 1 is 1.43 bits per heavy atom. The predicted octanol–water partition coefficient (Wildman–Crippen LogP) is 1.61. The maximum absolute atomic E-state index is 12.1. The monoisotopic (exact) mass is 310 g/mol. The molecule has 0 unspecified atom stereocenters. The average molecular weight is 310 g/mol. The van der Waals surface area contributed by atoms with Gasteiger partial charge in [-0.1, -0.05) is 0 Å². The molecule has 8 nitrogen and oxygen atoms in total. The summed E-state index contributed by atoms with van der Waals surface area (Å²) in [5, 5.41) is 10.9. The van der Waals surface area contributed by atoms with E-state index in [0.717, 1.165) is 14.2 Å². The molecule has 0 saturated heterocycles. The van der Waals surface area contributed by atoms with Crippen molar-refractivity contribution in [3.8, 4) is 11.8 Å². The molecule has 21 heavy (non-hydrogen) atoms. The molecular weight excluding hydrogens is 301 g/mol. The van der Waals surface area contributed by atoms with Crippen LogP contribution in [0.1, 0.15) is 5.56 Å². The Morgan fingerprint density at radius 3 is 2.48 bits per heavy atom. The van der Waals surface area contributed by atoms with Gasteiger partial charge in [-0.2, -0.15) is 4.98 Å². The van der Waals surface area contributed by atoms with Gasteiger partial charge in [-0.25, -0.2) is 0 Å². The zero-order chi connectivity index (χ0) is 16.2. The van der Waals surface area contributed by atoms with E-state index in [0.29, 0.717) is 6.07 Å². The van der Waals surface area contributed by atoms with Gasteiger partial charge in [-0.05, 0) is 0 Å². The van der Waals surface area contributed by atoms with Gasteiger partial charge in [0, 0.05) is 0 Å². The van der Waals surface area contributed by atoms with Crippen molar-refractivity contribution in [3.63, 3.8) is 0 Å². The van der Waals surface area contributed by atoms with E-state index in [9.17, 15) is 28.1 Å². The molecule has 0 bridgehead atoms. The summed E-state index contributed by atoms with van der Waals surface area (Å²) in [5.41, 5.74) is -1.12. The molecule has 0 aliphatic carbocycles. The Hall–Kier alpha value is -2.59. The Morgan fingerprint density at radius 2 is 2.05 bits per heavy atom. The Labute approximate surface area is 115 Å². The fourth-order valence-corrected chi connectivity index (χ4v) is 1.40. The van der Waals surface area contributed by atoms with Crippen LogP contribution >= 0.6 is 0 Å². The summed E-state index contributed by atoms with van der Waals surface area (Å²) in [6.07, 6.45) is -5.66. The van der Waals surface area contributed by atoms with Crippen LogP contribution < -0.4 is 9.47 Å². The number of halogens is 3. The quantitative estimate of drug-likeness (QED) is 0.462. The highest BCUT2D eigenvalue weighted by Gasteiger charge is 2.34. The highest BCUT2D eigenvalue weighted by Crippen LogP contribution is 2.33. The minimum atomic E-state index is -5.07. The predicted molar refractivity (Wildman–Crippen MR) is 59.8 cm³/mol. The summed E-state index contributed by atoms with van der Waals surface area (Å²) >= 11 is 0. The van der Waals surface area contributed by atoms with Gasteiger partial charge >= 0.3 is 12.3 Å². The van der Waals surface area contributed by atoms with Crippen LogP contribution in [-0.2, 0) is 16.0 Å². The van der Waals surface area contributed by atoms with Gasteiger partial charge in [0.25, 0.3) is 5.69 Å². The third-order valence-electron chi connectivity index (χ3n) is 2.20. The lowest BCUT2D eigenvalue weighted by Gasteiger charge is -2.11. The molecule has 0 aromatic carbocycles. The standard InChI is InChI=1S/C10H9F3N2O6/c1-19-8(16)3-5-6(15(17)18)4-7(14-9(5)20-2)21-10(11,12)13/h4H,3H2,1-2H3. The average Bonchev–Trinajstić information content (AvgIpc) is 2.37. The summed E-state index contributed by atoms with van der Waals surface area (Å²) in [4.78, 5) is 24.5. The van der Waals surface area contributed by atoms with Gasteiger partial charge in [-0.3, -0.25) is 14.9 Å². The number of nitro groups is 1. The molecule has 1 aromatic rings. The first kappa shape index (κ1) is 16.5. The molecule has 0 atom stereocenters. The van der Waals surface area contributed by atoms with Crippen molar-refractivity contribution in [3.05, 3.63) is 21.7 Å². The first-order chi connectivity index (χ1) is 9.67. The molecule has 0 aliphatic heterocycles. The number of carbonyl (C=O) groups is 1. The van der Waals surface area contributed by atoms with Crippen molar-refractivity contribution in [2.45, 2.75) is 12.8 Å². The van der Waals surface area contributed by atoms with E-state index < -0.39 is 41.1 Å². The number of methoxy groups -OCH3 is 2. The number of aromatic nitrogens is 1. The third-order valence-corrected chi connectivity index (χ3v) is 2.20. The van der Waals surface area contributed by atoms with E-state index >= 15 is 0 Å². The molecule has 0 N–H and O–H groups in total. The number of carbonyl (C=O) groups excluding carboxylic acids is 1. The summed E-state index contributed by atoms with van der Waals surface area (Å²) in [7, 11) is 2.08. The van der Waals surface area contributed by atoms with Crippen molar-refractivity contribution in [1.82, 2.24) is 4.98 Å². The van der Waals surface area contributed by atoms with E-state index in [1.807, 2.05) is 0 Å². The number of hydrogen-bond acceptors (Lipinski definition) is 7. The van der Waals surface area contributed by atoms with Crippen LogP contribution in [0, 0.1) is 10.1 Å². The minimum Gasteiger partial charge on any atom is -0.481 e. The number of ether oxygens (including phenoxy) is 3. The Balaban J connectivity index is 3.35. The molecule has 0 spiro atoms. The third kappa shape index (κ3) is 4.47. The topological polar surface area (TPSA) is 101 Å². The zero-order valence-electron chi connectivity index (χ0n) is 10.8. The van der Waals surface area contributed by atoms with Crippen molar-refractivity contribution >= 4 is 11.7 Å². The van der Waals surface area contributed by atoms with E-state index in [4.69, 9.17) is 0 Å². The fraction of sp³-hybridized carbons (Fsp3) is 0.400. The maximum atomic E-state index is 12.1. The van der Waals surface area contributed by atoms with E-state index in [1.54, 1.807) is 0 Å². The molecule has 1 rings (SSSR count). The summed E-state index contributed by atoms with van der Waals surface area (Å²) < 4.78 is 48.9. The number of esters is 1. The minimum absolute atomic E-state index is 0.316. The van der Waals surface area contributed by atoms with Gasteiger partial charge < -0.3 is 14.2 Å². The molecule has 11 heteroatoms. The fourth-order valence-electron chi connectivity index (χ4n) is 1.40. The van der Waals surface area contributed by atoms with E-state index in [2.05, 4.69) is 19.2 Å². The second-order valence-corrected chi connectivity index (χ2v) is 3.53. The van der Waals surface area contributed by atoms with Gasteiger partial charge in [0.1, 0.15) is 5.56 Å². The number of pyridine rings is 1. The second kappa shape index (κ2) is 6.24. The number of rotatable bonds is 5. The second-order valence-electron chi connectivity index (χ2n) is 3.53. The van der Waals surface area contributed by atoms with Crippen LogP contribution in [0.25, 0.3) is 0 Å². The molecular formula is C10H9F3N2O6. The molecule has 0 radical (unpaired) electrons. The lowest BCUT2D eigenvalue weighted by atomic mass is 10.1. The number of nitrogens with zero attached hydrogens (tertiary/aromatic N) is 2. The Kier molecular flexibility index (Phi) is 4.89. The maximum Gasteiger partial charge on any atom is 0.574 e. The summed E-state index contributed by atoms with van der Waals surface area (Å²) in [5.74, 6) is -2.45. The van der Waals surface area contributed by atoms with Crippen molar-refractivity contribution in [2.24, 2.45) is 0 Å². The molecule has 0 amide bonds. The lowest BCUT2D eigenvalue weighted by Crippen LogP contribution is -2.19. The van der Waals surface area contributed by atoms with Crippen molar-refractivity contribution in [2.75, 3.05) is 14.2 Å². The summed E-state index contributed by atoms with van der Waals surface area (Å²) in [6.45, 7) is 0. The van der Waals surface area contributed by atoms with Gasteiger partial charge in [0.05, 0.1) is 31.6 Å². The number of hydrogen-bond donors (Lipinski definition) is 0. The first-order valence-electron chi connectivity index (χ1n) is 5.22. The smallest absolute Gasteiger partial charge is 0.481 e. The molecule has 0 aliphatic rings. The van der Waals surface area contributed by atoms with Crippen molar-refractivity contribution in [1.29, 1.82) is 0 Å². The molecule has 1 aromatic heterocycles. The molecule has 0 saturated carbocycles. The lowest BCUT2D eigenvalue weighted by molar-refractivity contribution is -0.385. The highest BCUT2D eigenvalue weighted by molar-refractivity contribution is 5.75. The van der Waals surface area contributed by atoms with E-state index in [1.165, 1.54) is 0 Å². The normalized spacial score (nSPS) is 10.9. The van der Waals surface area contributed by atoms with Crippen LogP contribution in [0.5, 0.6) is 11.8 Å². The van der Waals surface area contributed by atoms with Crippen LogP contribution in [0.4, 0.5) is 18.9 Å². The van der Waals surface area contributed by atoms with Crippen LogP contribution in [0.3, 0.4) is 0 Å². The molecule has 0 fully saturated rings. The van der Waals surface area contributed by atoms with Crippen LogP contribution in [0.15, 0.2) is 6.07 Å². The van der Waals surface area contributed by atoms with Gasteiger partial charge in [-0.15, -0.1) is 13.2 Å². The summed E-state index contributed by atoms with van der Waals surface area (Å²) in [6, 6.07) is 0.453. The highest BCUT2D eigenvalue weighted by atomic mass is 19.4. The first-order valence-corrected chi connectivity index (χ1v) is 5.22. The van der Waals surface area contributed by atoms with Crippen molar-refractivity contribution < 1.29 is 37.1 Å². The SMILES string of the molecule is COC(=O)Cc1c([N+](=O)[O-])cc(OC(F)(F)F)nc1OC. The Bertz CT molecular complexity index is 560. The molecule has 116 valence electrons. The van der Waals surface area contributed by atoms with Gasteiger partial charge in [0.15, 0.2) is 0 Å². The number of alkyl halides is 3. The molecule has 1 heterocycles. The van der Waals surface area contributed by atoms with Gasteiger partial charge in [0.2, 0.25) is 11.8 Å². The van der Waals surface area contributed by atoms with E-state index in [-0.39, 0.29) is 5.56 Å². The van der Waals surface area contributed by atoms with Crippen LogP contribution in [-0.4, -0.2) is 36.5 Å². The zero-order valence-corrected chi connectivity index (χ0v) is 10.8.